The quantitative estimate of drug-likeness (QED) is 0.907. The number of benzene rings is 1. The zero-order chi connectivity index (χ0) is 17.2. The number of hydrogen-bond donors (Lipinski definition) is 1. The summed E-state index contributed by atoms with van der Waals surface area (Å²) in [5.74, 6) is 0. The Bertz CT molecular complexity index is 702. The number of urea groups is 1. The standard InChI is InChI=1S/C19H25N5O/c1-14(15-6-8-16(9-7-15)23-13-20-12-21-23)22-19(25)24(18-10-11-18)17-4-2-3-5-17/h6-9,12-14,17-18H,2-5,10-11H2,1H3,(H,22,25)/t14-/m1/s1. The van der Waals surface area contributed by atoms with Crippen molar-refractivity contribution in [2.45, 2.75) is 63.6 Å². The minimum absolute atomic E-state index is 0.0139. The number of nitrogens with zero attached hydrogens (tertiary/aromatic N) is 4. The van der Waals surface area contributed by atoms with Crippen LogP contribution in [0.15, 0.2) is 36.9 Å². The summed E-state index contributed by atoms with van der Waals surface area (Å²) >= 11 is 0. The Kier molecular flexibility index (Phi) is 4.42. The average molecular weight is 339 g/mol. The maximum Gasteiger partial charge on any atom is 0.318 e. The molecule has 0 bridgehead atoms. The van der Waals surface area contributed by atoms with E-state index in [-0.39, 0.29) is 12.1 Å². The van der Waals surface area contributed by atoms with Crippen molar-refractivity contribution < 1.29 is 4.79 Å². The molecule has 1 N–H and O–H groups in total. The third-order valence-electron chi connectivity index (χ3n) is 5.31. The zero-order valence-corrected chi connectivity index (χ0v) is 14.6. The minimum Gasteiger partial charge on any atom is -0.331 e. The lowest BCUT2D eigenvalue weighted by molar-refractivity contribution is 0.167. The van der Waals surface area contributed by atoms with Crippen molar-refractivity contribution in [3.05, 3.63) is 42.5 Å². The van der Waals surface area contributed by atoms with Gasteiger partial charge in [0.2, 0.25) is 0 Å². The van der Waals surface area contributed by atoms with Crippen molar-refractivity contribution in [2.24, 2.45) is 0 Å². The van der Waals surface area contributed by atoms with Gasteiger partial charge in [0.15, 0.2) is 0 Å². The molecule has 2 aromatic rings. The summed E-state index contributed by atoms with van der Waals surface area (Å²) < 4.78 is 1.72. The molecule has 1 aromatic carbocycles. The molecular weight excluding hydrogens is 314 g/mol. The maximum absolute atomic E-state index is 12.8. The molecule has 2 amide bonds. The van der Waals surface area contributed by atoms with Crippen LogP contribution >= 0.6 is 0 Å². The van der Waals surface area contributed by atoms with E-state index in [1.54, 1.807) is 11.0 Å². The molecule has 1 atom stereocenters. The Morgan fingerprint density at radius 1 is 1.16 bits per heavy atom. The predicted molar refractivity (Wildman–Crippen MR) is 95.4 cm³/mol. The van der Waals surface area contributed by atoms with Gasteiger partial charge in [0.1, 0.15) is 12.7 Å². The van der Waals surface area contributed by atoms with E-state index in [2.05, 4.69) is 20.3 Å². The monoisotopic (exact) mass is 339 g/mol. The Morgan fingerprint density at radius 2 is 1.84 bits per heavy atom. The number of rotatable bonds is 5. The van der Waals surface area contributed by atoms with E-state index >= 15 is 0 Å². The lowest BCUT2D eigenvalue weighted by atomic mass is 10.1. The van der Waals surface area contributed by atoms with Gasteiger partial charge in [-0.05, 0) is 50.3 Å². The van der Waals surface area contributed by atoms with E-state index in [1.165, 1.54) is 19.2 Å². The fraction of sp³-hybridized carbons (Fsp3) is 0.526. The number of hydrogen-bond acceptors (Lipinski definition) is 3. The van der Waals surface area contributed by atoms with Gasteiger partial charge in [-0.3, -0.25) is 0 Å². The Morgan fingerprint density at radius 3 is 2.44 bits per heavy atom. The first-order chi connectivity index (χ1) is 12.2. The van der Waals surface area contributed by atoms with Gasteiger partial charge in [-0.15, -0.1) is 0 Å². The molecule has 0 spiro atoms. The molecule has 1 heterocycles. The summed E-state index contributed by atoms with van der Waals surface area (Å²) in [6, 6.07) is 9.07. The second-order valence-electron chi connectivity index (χ2n) is 7.18. The van der Waals surface area contributed by atoms with Crippen molar-refractivity contribution in [3.63, 3.8) is 0 Å². The molecule has 0 aliphatic heterocycles. The van der Waals surface area contributed by atoms with Crippen LogP contribution in [0, 0.1) is 0 Å². The fourth-order valence-corrected chi connectivity index (χ4v) is 3.77. The van der Waals surface area contributed by atoms with Gasteiger partial charge >= 0.3 is 6.03 Å². The molecule has 4 rings (SSSR count). The molecule has 0 unspecified atom stereocenters. The van der Waals surface area contributed by atoms with Crippen molar-refractivity contribution >= 4 is 6.03 Å². The van der Waals surface area contributed by atoms with Gasteiger partial charge in [-0.2, -0.15) is 5.10 Å². The summed E-state index contributed by atoms with van der Waals surface area (Å²) in [6.07, 6.45) is 10.3. The fourth-order valence-electron chi connectivity index (χ4n) is 3.77. The summed E-state index contributed by atoms with van der Waals surface area (Å²) in [4.78, 5) is 18.9. The van der Waals surface area contributed by atoms with Crippen LogP contribution in [-0.2, 0) is 0 Å². The second-order valence-corrected chi connectivity index (χ2v) is 7.18. The molecular formula is C19H25N5O. The van der Waals surface area contributed by atoms with Gasteiger partial charge in [0.25, 0.3) is 0 Å². The molecule has 2 saturated carbocycles. The highest BCUT2D eigenvalue weighted by Gasteiger charge is 2.38. The third kappa shape index (κ3) is 3.52. The first-order valence-electron chi connectivity index (χ1n) is 9.26. The van der Waals surface area contributed by atoms with Crippen LogP contribution in [0.5, 0.6) is 0 Å². The Hall–Kier alpha value is -2.37. The van der Waals surface area contributed by atoms with Crippen LogP contribution < -0.4 is 5.32 Å². The van der Waals surface area contributed by atoms with Crippen LogP contribution in [0.2, 0.25) is 0 Å². The van der Waals surface area contributed by atoms with Gasteiger partial charge in [0.05, 0.1) is 11.7 Å². The van der Waals surface area contributed by atoms with Crippen molar-refractivity contribution in [1.29, 1.82) is 0 Å². The maximum atomic E-state index is 12.8. The molecule has 0 saturated heterocycles. The normalized spacial score (nSPS) is 18.9. The number of aromatic nitrogens is 3. The Balaban J connectivity index is 1.42. The molecule has 6 nitrogen and oxygen atoms in total. The number of amides is 2. The van der Waals surface area contributed by atoms with E-state index in [0.717, 1.165) is 36.9 Å². The predicted octanol–water partition coefficient (Wildman–Crippen LogP) is 3.44. The number of nitrogens with one attached hydrogen (secondary N) is 1. The van der Waals surface area contributed by atoms with Gasteiger partial charge < -0.3 is 10.2 Å². The molecule has 2 fully saturated rings. The smallest absolute Gasteiger partial charge is 0.318 e. The SMILES string of the molecule is C[C@@H](NC(=O)N(C1CCCC1)C1CC1)c1ccc(-n2cncn2)cc1. The average Bonchev–Trinajstić information content (AvgIpc) is 3.09. The highest BCUT2D eigenvalue weighted by Crippen LogP contribution is 2.34. The van der Waals surface area contributed by atoms with Crippen LogP contribution in [0.25, 0.3) is 5.69 Å². The molecule has 132 valence electrons. The third-order valence-corrected chi connectivity index (χ3v) is 5.31. The van der Waals surface area contributed by atoms with Gasteiger partial charge in [-0.25, -0.2) is 14.5 Å². The highest BCUT2D eigenvalue weighted by molar-refractivity contribution is 5.76. The van der Waals surface area contributed by atoms with Crippen LogP contribution in [0.1, 0.15) is 57.1 Å². The van der Waals surface area contributed by atoms with E-state index in [0.29, 0.717) is 12.1 Å². The van der Waals surface area contributed by atoms with Crippen molar-refractivity contribution in [1.82, 2.24) is 25.0 Å². The first kappa shape index (κ1) is 16.1. The first-order valence-corrected chi connectivity index (χ1v) is 9.26. The zero-order valence-electron chi connectivity index (χ0n) is 14.6. The van der Waals surface area contributed by atoms with Crippen LogP contribution in [-0.4, -0.2) is 37.8 Å². The van der Waals surface area contributed by atoms with Crippen LogP contribution in [0.4, 0.5) is 4.79 Å². The topological polar surface area (TPSA) is 63.1 Å². The van der Waals surface area contributed by atoms with Gasteiger partial charge in [-0.1, -0.05) is 25.0 Å². The van der Waals surface area contributed by atoms with Crippen LogP contribution in [0.3, 0.4) is 0 Å². The van der Waals surface area contributed by atoms with E-state index in [9.17, 15) is 4.79 Å². The lowest BCUT2D eigenvalue weighted by Gasteiger charge is -2.30. The molecule has 1 aromatic heterocycles. The highest BCUT2D eigenvalue weighted by atomic mass is 16.2. The van der Waals surface area contributed by atoms with E-state index in [4.69, 9.17) is 0 Å². The molecule has 2 aliphatic carbocycles. The van der Waals surface area contributed by atoms with Crippen molar-refractivity contribution in [2.75, 3.05) is 0 Å². The largest absolute Gasteiger partial charge is 0.331 e. The molecule has 6 heteroatoms. The molecule has 0 radical (unpaired) electrons. The summed E-state index contributed by atoms with van der Waals surface area (Å²) in [6.45, 7) is 2.04. The molecule has 25 heavy (non-hydrogen) atoms. The number of carbonyl (C=O) groups excluding carboxylic acids is 1. The number of carbonyl (C=O) groups is 1. The summed E-state index contributed by atoms with van der Waals surface area (Å²) in [7, 11) is 0. The Labute approximate surface area is 148 Å². The lowest BCUT2D eigenvalue weighted by Crippen LogP contribution is -2.47. The van der Waals surface area contributed by atoms with Crippen molar-refractivity contribution in [3.8, 4) is 5.69 Å². The van der Waals surface area contributed by atoms with Gasteiger partial charge in [0, 0.05) is 12.1 Å². The minimum atomic E-state index is -0.0139. The summed E-state index contributed by atoms with van der Waals surface area (Å²) in [5.41, 5.74) is 2.06. The molecule has 2 aliphatic rings. The summed E-state index contributed by atoms with van der Waals surface area (Å²) in [5, 5.41) is 7.33. The second kappa shape index (κ2) is 6.86. The van der Waals surface area contributed by atoms with E-state index in [1.807, 2.05) is 31.2 Å². The van der Waals surface area contributed by atoms with E-state index < -0.39 is 0 Å².